The molecular weight excluding hydrogens is 997 g/mol. The molecule has 3 fully saturated rings. The lowest BCUT2D eigenvalue weighted by Gasteiger charge is -2.26. The molecule has 4 unspecified atom stereocenters. The predicted octanol–water partition coefficient (Wildman–Crippen LogP) is 12.0. The summed E-state index contributed by atoms with van der Waals surface area (Å²) in [5.74, 6) is -1.42. The summed E-state index contributed by atoms with van der Waals surface area (Å²) in [5, 5.41) is 19.8. The molecule has 476 valence electrons. The summed E-state index contributed by atoms with van der Waals surface area (Å²) in [7, 11) is 0. The monoisotopic (exact) mass is 1130 g/mol. The van der Waals surface area contributed by atoms with Crippen LogP contribution in [-0.2, 0) is 76.0 Å². The van der Waals surface area contributed by atoms with Gasteiger partial charge in [0.15, 0.2) is 0 Å². The minimum absolute atomic E-state index is 0. The Morgan fingerprint density at radius 3 is 0.883 bits per heavy atom. The first-order valence-corrected chi connectivity index (χ1v) is 23.9. The number of aliphatic hydroxyl groups is 2. The third kappa shape index (κ3) is 49.1. The molecule has 0 amide bonds. The molecule has 0 bridgehead atoms. The number of epoxide rings is 3. The summed E-state index contributed by atoms with van der Waals surface area (Å²) in [5.41, 5.74) is -2.37. The Balaban J connectivity index is -0.0000000955. The maximum absolute atomic E-state index is 12.3. The van der Waals surface area contributed by atoms with E-state index in [4.69, 9.17) is 56.8 Å². The zero-order valence-corrected chi connectivity index (χ0v) is 42.4. The Hall–Kier alpha value is -2.52. The smallest absolute Gasteiger partial charge is 0.311 e. The number of ether oxygens (including phenoxy) is 12. The first kappa shape index (κ1) is 99.8. The van der Waals surface area contributed by atoms with Gasteiger partial charge in [0.2, 0.25) is 0 Å². The second kappa shape index (κ2) is 52.8. The van der Waals surface area contributed by atoms with Crippen LogP contribution < -0.4 is 0 Å². The molecule has 0 aliphatic carbocycles. The van der Waals surface area contributed by atoms with Crippen molar-refractivity contribution in [3.63, 3.8) is 0 Å². The molecule has 3 aliphatic rings. The van der Waals surface area contributed by atoms with Crippen LogP contribution >= 0.6 is 0 Å². The molecule has 0 aromatic heterocycles. The van der Waals surface area contributed by atoms with Crippen molar-refractivity contribution in [1.82, 2.24) is 0 Å². The standard InChI is InChI=1S/C24H44O9.C15H28O5.C9H16O4.11CH4/c1-7-23(3,4)21(26)32-16-20(17-33-22(27)24(5,6)8-2)30-13-18(25)12-28-10-9-11-29-14-19-15-31-19;1-7-14(3,4)12(17)19-9-11(16)10-20-13(18)15(5,6)8-2;1(2-10-4-8-6-12-8)3-11-5-9-7-13-9;;;;;;;;;;;/h18-20,25H,7-17H2,1-6H3;11,16H,7-10H2,1-6H3;8-9H,1-7H2;11*1H4. The van der Waals surface area contributed by atoms with Gasteiger partial charge in [0.25, 0.3) is 0 Å². The fourth-order valence-corrected chi connectivity index (χ4v) is 4.41. The normalized spacial score (nSPS) is 15.7. The van der Waals surface area contributed by atoms with Crippen molar-refractivity contribution in [2.45, 2.75) is 240 Å². The van der Waals surface area contributed by atoms with E-state index in [1.54, 1.807) is 55.4 Å². The highest BCUT2D eigenvalue weighted by Gasteiger charge is 2.32. The van der Waals surface area contributed by atoms with E-state index in [1.807, 2.05) is 27.7 Å². The Morgan fingerprint density at radius 2 is 0.636 bits per heavy atom. The summed E-state index contributed by atoms with van der Waals surface area (Å²) < 4.78 is 63.2. The van der Waals surface area contributed by atoms with Gasteiger partial charge in [-0.15, -0.1) is 0 Å². The Labute approximate surface area is 476 Å². The number of rotatable bonds is 35. The second-order valence-electron chi connectivity index (χ2n) is 19.5. The average molecular weight is 1130 g/mol. The highest BCUT2D eigenvalue weighted by molar-refractivity contribution is 5.77. The summed E-state index contributed by atoms with van der Waals surface area (Å²) in [6.07, 6.45) is 2.70. The van der Waals surface area contributed by atoms with Crippen LogP contribution in [0.15, 0.2) is 0 Å². The predicted molar refractivity (Wildman–Crippen MR) is 318 cm³/mol. The Kier molecular flexibility index (Phi) is 68.5. The van der Waals surface area contributed by atoms with E-state index in [1.165, 1.54) is 0 Å². The fourth-order valence-electron chi connectivity index (χ4n) is 4.41. The molecule has 0 spiro atoms. The van der Waals surface area contributed by atoms with Crippen LogP contribution in [0.25, 0.3) is 0 Å². The number of aliphatic hydroxyl groups excluding tert-OH is 2. The molecule has 77 heavy (non-hydrogen) atoms. The van der Waals surface area contributed by atoms with Crippen molar-refractivity contribution in [3.05, 3.63) is 0 Å². The van der Waals surface area contributed by atoms with E-state index in [2.05, 4.69) is 0 Å². The third-order valence-corrected chi connectivity index (χ3v) is 11.5. The molecule has 0 saturated carbocycles. The van der Waals surface area contributed by atoms with Gasteiger partial charge in [0.1, 0.15) is 63.1 Å². The van der Waals surface area contributed by atoms with E-state index in [0.29, 0.717) is 57.7 Å². The van der Waals surface area contributed by atoms with Gasteiger partial charge in [0, 0.05) is 26.4 Å². The van der Waals surface area contributed by atoms with Gasteiger partial charge in [-0.1, -0.05) is 109 Å². The first-order chi connectivity index (χ1) is 31.0. The minimum Gasteiger partial charge on any atom is -0.462 e. The van der Waals surface area contributed by atoms with Crippen molar-refractivity contribution in [2.75, 3.05) is 106 Å². The molecule has 2 N–H and O–H groups in total. The van der Waals surface area contributed by atoms with Gasteiger partial charge in [-0.25, -0.2) is 0 Å². The second-order valence-corrected chi connectivity index (χ2v) is 19.5. The molecule has 18 nitrogen and oxygen atoms in total. The van der Waals surface area contributed by atoms with Crippen molar-refractivity contribution in [2.24, 2.45) is 21.7 Å². The lowest BCUT2D eigenvalue weighted by atomic mass is 9.90. The maximum Gasteiger partial charge on any atom is 0.311 e. The fraction of sp³-hybridized carbons (Fsp3) is 0.932. The lowest BCUT2D eigenvalue weighted by molar-refractivity contribution is -0.168. The third-order valence-electron chi connectivity index (χ3n) is 11.5. The van der Waals surface area contributed by atoms with Crippen LogP contribution in [-0.4, -0.2) is 176 Å². The molecule has 3 aliphatic heterocycles. The number of hydrogen-bond donors (Lipinski definition) is 2. The molecule has 3 rings (SSSR count). The number of esters is 4. The van der Waals surface area contributed by atoms with E-state index >= 15 is 0 Å². The van der Waals surface area contributed by atoms with E-state index in [9.17, 15) is 29.4 Å². The van der Waals surface area contributed by atoms with E-state index < -0.39 is 40.0 Å². The number of hydrogen-bond acceptors (Lipinski definition) is 18. The summed E-state index contributed by atoms with van der Waals surface area (Å²) >= 11 is 0. The van der Waals surface area contributed by atoms with Crippen molar-refractivity contribution < 1.29 is 86.2 Å². The molecule has 3 heterocycles. The zero-order valence-electron chi connectivity index (χ0n) is 42.4. The SMILES string of the molecule is C.C.C.C.C.C.C.C.C.C.C.C(COCC1CO1)COCC1CO1.CCC(C)(C)C(=O)OCC(COC(=O)C(C)(C)CC)OCC(O)COCCCOCC1CO1.CCC(C)(C)C(=O)OCC(O)COC(=O)C(C)(C)CC. The molecule has 4 atom stereocenters. The minimum atomic E-state index is -0.997. The van der Waals surface area contributed by atoms with Crippen molar-refractivity contribution >= 4 is 23.9 Å². The Morgan fingerprint density at radius 1 is 0.403 bits per heavy atom. The molecule has 0 aromatic rings. The highest BCUT2D eigenvalue weighted by atomic mass is 16.6. The quantitative estimate of drug-likeness (QED) is 0.0260. The average Bonchev–Trinajstić information content (AvgIpc) is 4.13. The van der Waals surface area contributed by atoms with Gasteiger partial charge in [-0.05, 0) is 93.9 Å². The first-order valence-electron chi connectivity index (χ1n) is 23.9. The van der Waals surface area contributed by atoms with Gasteiger partial charge < -0.3 is 67.1 Å². The van der Waals surface area contributed by atoms with Crippen molar-refractivity contribution in [3.8, 4) is 0 Å². The summed E-state index contributed by atoms with van der Waals surface area (Å²) in [6, 6.07) is 0. The molecule has 0 aromatic carbocycles. The Bertz CT molecular complexity index is 1270. The lowest BCUT2D eigenvalue weighted by Crippen LogP contribution is -2.36. The van der Waals surface area contributed by atoms with Crippen LogP contribution in [0.4, 0.5) is 0 Å². The van der Waals surface area contributed by atoms with Crippen molar-refractivity contribution in [1.29, 1.82) is 0 Å². The maximum atomic E-state index is 12.3. The molecule has 18 heteroatoms. The topological polar surface area (TPSA) is 229 Å². The molecule has 3 saturated heterocycles. The van der Waals surface area contributed by atoms with Crippen LogP contribution in [0.2, 0.25) is 0 Å². The zero-order chi connectivity index (χ0) is 49.8. The van der Waals surface area contributed by atoms with Crippen LogP contribution in [0, 0.1) is 21.7 Å². The number of carbonyl (C=O) groups is 4. The number of carbonyl (C=O) groups excluding carboxylic acids is 4. The van der Waals surface area contributed by atoms with Gasteiger partial charge in [0.05, 0.1) is 74.5 Å². The van der Waals surface area contributed by atoms with E-state index in [0.717, 1.165) is 59.1 Å². The van der Waals surface area contributed by atoms with Gasteiger partial charge in [-0.2, -0.15) is 0 Å². The van der Waals surface area contributed by atoms with E-state index in [-0.39, 0.29) is 151 Å². The highest BCUT2D eigenvalue weighted by Crippen LogP contribution is 2.25. The van der Waals surface area contributed by atoms with Crippen LogP contribution in [0.5, 0.6) is 0 Å². The summed E-state index contributed by atoms with van der Waals surface area (Å²) in [6.45, 7) is 28.7. The van der Waals surface area contributed by atoms with Gasteiger partial charge >= 0.3 is 23.9 Å². The van der Waals surface area contributed by atoms with Crippen LogP contribution in [0.3, 0.4) is 0 Å². The molecule has 0 radical (unpaired) electrons. The largest absolute Gasteiger partial charge is 0.462 e. The summed E-state index contributed by atoms with van der Waals surface area (Å²) in [4.78, 5) is 48.0. The van der Waals surface area contributed by atoms with Crippen LogP contribution in [0.1, 0.15) is 203 Å². The van der Waals surface area contributed by atoms with Gasteiger partial charge in [-0.3, -0.25) is 19.2 Å². The molecular formula is C59H132O18.